The fourth-order valence-corrected chi connectivity index (χ4v) is 6.07. The van der Waals surface area contributed by atoms with Gasteiger partial charge in [0.05, 0.1) is 0 Å². The Morgan fingerprint density at radius 1 is 0.824 bits per heavy atom. The number of hydrogen-bond acceptors (Lipinski definition) is 4. The van der Waals surface area contributed by atoms with Gasteiger partial charge in [0.2, 0.25) is 0 Å². The summed E-state index contributed by atoms with van der Waals surface area (Å²) < 4.78 is 2.29. The van der Waals surface area contributed by atoms with Crippen LogP contribution < -0.4 is 0 Å². The number of aryl methyl sites for hydroxylation is 3. The van der Waals surface area contributed by atoms with Gasteiger partial charge in [-0.3, -0.25) is 0 Å². The fourth-order valence-electron chi connectivity index (χ4n) is 4.21. The quantitative estimate of drug-likeness (QED) is 0.245. The summed E-state index contributed by atoms with van der Waals surface area (Å²) in [4.78, 5) is 4.51. The van der Waals surface area contributed by atoms with Gasteiger partial charge in [-0.2, -0.15) is 10.5 Å². The number of hydrogen-bond donors (Lipinski definition) is 0. The van der Waals surface area contributed by atoms with E-state index in [0.29, 0.717) is 0 Å². The highest BCUT2D eigenvalue weighted by molar-refractivity contribution is 7.15. The van der Waals surface area contributed by atoms with Crippen molar-refractivity contribution in [2.24, 2.45) is 7.05 Å². The summed E-state index contributed by atoms with van der Waals surface area (Å²) in [6.07, 6.45) is 5.86. The number of benzene rings is 2. The molecule has 164 valence electrons. The van der Waals surface area contributed by atoms with Crippen molar-refractivity contribution in [3.8, 4) is 22.6 Å². The van der Waals surface area contributed by atoms with Gasteiger partial charge in [-0.1, -0.05) is 30.3 Å². The summed E-state index contributed by atoms with van der Waals surface area (Å²) in [7, 11) is 2.14. The third-order valence-corrected chi connectivity index (χ3v) is 8.12. The number of fused-ring (bicyclic) bond motifs is 3. The second-order valence-electron chi connectivity index (χ2n) is 8.29. The van der Waals surface area contributed by atoms with Gasteiger partial charge in [-0.15, -0.1) is 22.7 Å². The van der Waals surface area contributed by atoms with Crippen LogP contribution in [0.15, 0.2) is 60.2 Å². The zero-order valence-corrected chi connectivity index (χ0v) is 20.7. The van der Waals surface area contributed by atoms with Gasteiger partial charge in [0, 0.05) is 48.4 Å². The molecule has 5 aromatic rings. The minimum Gasteiger partial charge on any atom is -0.344 e. The number of rotatable bonds is 4. The molecule has 0 atom stereocenters. The first-order valence-electron chi connectivity index (χ1n) is 10.9. The van der Waals surface area contributed by atoms with Crippen LogP contribution in [0.5, 0.6) is 0 Å². The van der Waals surface area contributed by atoms with Crippen molar-refractivity contribution in [1.82, 2.24) is 4.57 Å². The SMILES string of the molecule is Cc1ccc2c3ccc(-c4cc(/C=C/c5ccc(C=C(C#N)C#N)s5)c(C)s4)cc3n(C)c2c1. The molecule has 0 saturated carbocycles. The predicted octanol–water partition coefficient (Wildman–Crippen LogP) is 8.34. The van der Waals surface area contributed by atoms with E-state index in [0.717, 1.165) is 9.75 Å². The Kier molecular flexibility index (Phi) is 5.67. The van der Waals surface area contributed by atoms with E-state index in [1.54, 1.807) is 17.4 Å². The van der Waals surface area contributed by atoms with Gasteiger partial charge < -0.3 is 4.57 Å². The number of aromatic nitrogens is 1. The number of allylic oxidation sites excluding steroid dienone is 1. The molecule has 2 aromatic carbocycles. The van der Waals surface area contributed by atoms with Crippen molar-refractivity contribution in [2.75, 3.05) is 0 Å². The number of nitrogens with zero attached hydrogens (tertiary/aromatic N) is 3. The molecule has 0 saturated heterocycles. The molecule has 0 bridgehead atoms. The molecule has 0 aliphatic rings. The standard InChI is InChI=1S/C29H21N3S2/c1-18-4-10-25-26-11-6-22(14-28(26)32(3)27(25)12-18)29-15-21(19(2)33-29)5-7-23-8-9-24(34-23)13-20(16-30)17-31/h4-15H,1-3H3/b7-5+. The number of thiophene rings is 2. The van der Waals surface area contributed by atoms with E-state index in [-0.39, 0.29) is 5.57 Å². The summed E-state index contributed by atoms with van der Waals surface area (Å²) in [6.45, 7) is 4.29. The first-order valence-corrected chi connectivity index (χ1v) is 12.5. The molecule has 3 aromatic heterocycles. The normalized spacial score (nSPS) is 11.2. The molecular weight excluding hydrogens is 454 g/mol. The zero-order chi connectivity index (χ0) is 23.8. The average Bonchev–Trinajstić information content (AvgIpc) is 3.52. The highest BCUT2D eigenvalue weighted by atomic mass is 32.1. The van der Waals surface area contributed by atoms with Crippen LogP contribution in [0.3, 0.4) is 0 Å². The molecule has 0 N–H and O–H groups in total. The summed E-state index contributed by atoms with van der Waals surface area (Å²) in [5.41, 5.74) is 6.33. The molecule has 3 nitrogen and oxygen atoms in total. The van der Waals surface area contributed by atoms with Gasteiger partial charge in [-0.25, -0.2) is 0 Å². The Morgan fingerprint density at radius 2 is 1.53 bits per heavy atom. The third kappa shape index (κ3) is 3.97. The monoisotopic (exact) mass is 475 g/mol. The minimum absolute atomic E-state index is 0.119. The van der Waals surface area contributed by atoms with Crippen LogP contribution in [-0.2, 0) is 7.05 Å². The lowest BCUT2D eigenvalue weighted by Crippen LogP contribution is -1.87. The van der Waals surface area contributed by atoms with E-state index in [9.17, 15) is 0 Å². The molecule has 0 unspecified atom stereocenters. The van der Waals surface area contributed by atoms with Crippen molar-refractivity contribution in [2.45, 2.75) is 13.8 Å². The van der Waals surface area contributed by atoms with Crippen molar-refractivity contribution < 1.29 is 0 Å². The van der Waals surface area contributed by atoms with Gasteiger partial charge in [0.1, 0.15) is 17.7 Å². The molecule has 0 aliphatic carbocycles. The Labute approximate surface area is 206 Å². The zero-order valence-electron chi connectivity index (χ0n) is 19.1. The lowest BCUT2D eigenvalue weighted by Gasteiger charge is -2.01. The molecule has 0 spiro atoms. The molecule has 34 heavy (non-hydrogen) atoms. The topological polar surface area (TPSA) is 52.5 Å². The van der Waals surface area contributed by atoms with Crippen LogP contribution in [0.2, 0.25) is 0 Å². The second-order valence-corrected chi connectivity index (χ2v) is 10.7. The molecule has 3 heterocycles. The maximum absolute atomic E-state index is 8.94. The van der Waals surface area contributed by atoms with Crippen LogP contribution in [0.25, 0.3) is 50.5 Å². The maximum atomic E-state index is 8.94. The summed E-state index contributed by atoms with van der Waals surface area (Å²) in [5, 5.41) is 20.5. The smallest absolute Gasteiger partial charge is 0.131 e. The lowest BCUT2D eigenvalue weighted by molar-refractivity contribution is 1.01. The van der Waals surface area contributed by atoms with E-state index < -0.39 is 0 Å². The van der Waals surface area contributed by atoms with Gasteiger partial charge in [0.25, 0.3) is 0 Å². The van der Waals surface area contributed by atoms with Crippen LogP contribution >= 0.6 is 22.7 Å². The molecule has 5 heteroatoms. The highest BCUT2D eigenvalue weighted by Gasteiger charge is 2.12. The molecule has 0 amide bonds. The first kappa shape index (κ1) is 21.9. The van der Waals surface area contributed by atoms with Crippen molar-refractivity contribution in [3.05, 3.63) is 85.9 Å². The van der Waals surface area contributed by atoms with E-state index in [1.807, 2.05) is 35.6 Å². The summed E-state index contributed by atoms with van der Waals surface area (Å²) >= 11 is 3.37. The third-order valence-electron chi connectivity index (χ3n) is 6.01. The van der Waals surface area contributed by atoms with Crippen LogP contribution in [-0.4, -0.2) is 4.57 Å². The molecular formula is C29H21N3S2. The van der Waals surface area contributed by atoms with E-state index in [1.165, 1.54) is 48.3 Å². The van der Waals surface area contributed by atoms with E-state index in [2.05, 4.69) is 80.1 Å². The van der Waals surface area contributed by atoms with Crippen molar-refractivity contribution in [1.29, 1.82) is 10.5 Å². The summed E-state index contributed by atoms with van der Waals surface area (Å²) in [5.74, 6) is 0. The Balaban J connectivity index is 1.46. The largest absolute Gasteiger partial charge is 0.344 e. The average molecular weight is 476 g/mol. The Bertz CT molecular complexity index is 1690. The molecule has 0 radical (unpaired) electrons. The Morgan fingerprint density at radius 3 is 2.29 bits per heavy atom. The minimum atomic E-state index is 0.119. The fraction of sp³-hybridized carbons (Fsp3) is 0.103. The van der Waals surface area contributed by atoms with Crippen LogP contribution in [0.4, 0.5) is 0 Å². The van der Waals surface area contributed by atoms with E-state index in [4.69, 9.17) is 10.5 Å². The van der Waals surface area contributed by atoms with Crippen molar-refractivity contribution >= 4 is 62.7 Å². The molecule has 0 aliphatic heterocycles. The van der Waals surface area contributed by atoms with Gasteiger partial charge in [0.15, 0.2) is 0 Å². The predicted molar refractivity (Wildman–Crippen MR) is 146 cm³/mol. The van der Waals surface area contributed by atoms with Crippen LogP contribution in [0, 0.1) is 36.5 Å². The van der Waals surface area contributed by atoms with Gasteiger partial charge >= 0.3 is 0 Å². The summed E-state index contributed by atoms with van der Waals surface area (Å²) in [6, 6.07) is 23.4. The molecule has 0 fully saturated rings. The maximum Gasteiger partial charge on any atom is 0.131 e. The Hall–Kier alpha value is -3.90. The van der Waals surface area contributed by atoms with Crippen LogP contribution in [0.1, 0.15) is 25.8 Å². The molecule has 5 rings (SSSR count). The first-order chi connectivity index (χ1) is 16.5. The number of nitriles is 2. The van der Waals surface area contributed by atoms with E-state index >= 15 is 0 Å². The van der Waals surface area contributed by atoms with Gasteiger partial charge in [-0.05, 0) is 73.0 Å². The second kappa shape index (κ2) is 8.80. The lowest BCUT2D eigenvalue weighted by atomic mass is 10.1. The highest BCUT2D eigenvalue weighted by Crippen LogP contribution is 2.36. The van der Waals surface area contributed by atoms with Crippen molar-refractivity contribution in [3.63, 3.8) is 0 Å².